The van der Waals surface area contributed by atoms with Crippen molar-refractivity contribution in [3.05, 3.63) is 71.3 Å². The lowest BCUT2D eigenvalue weighted by Crippen LogP contribution is -2.46. The zero-order chi connectivity index (χ0) is 21.5. The van der Waals surface area contributed by atoms with Gasteiger partial charge in [-0.1, -0.05) is 49.8 Å². The van der Waals surface area contributed by atoms with Crippen LogP contribution in [0.3, 0.4) is 0 Å². The van der Waals surface area contributed by atoms with Gasteiger partial charge in [-0.15, -0.1) is 0 Å². The fourth-order valence-corrected chi connectivity index (χ4v) is 5.21. The van der Waals surface area contributed by atoms with Crippen LogP contribution in [0.2, 0.25) is 0 Å². The second-order valence-corrected chi connectivity index (χ2v) is 9.76. The van der Waals surface area contributed by atoms with Crippen molar-refractivity contribution in [3.8, 4) is 0 Å². The molecule has 1 aromatic carbocycles. The van der Waals surface area contributed by atoms with E-state index in [4.69, 9.17) is 4.84 Å². The molecular weight excluding hydrogens is 409 g/mol. The molecule has 0 radical (unpaired) electrons. The molecule has 0 spiro atoms. The van der Waals surface area contributed by atoms with Gasteiger partial charge in [0, 0.05) is 25.2 Å². The molecule has 1 aromatic rings. The maximum atomic E-state index is 15.1. The Morgan fingerprint density at radius 2 is 2.19 bits per heavy atom. The van der Waals surface area contributed by atoms with Crippen molar-refractivity contribution in [1.29, 1.82) is 0 Å². The molecule has 2 heterocycles. The first-order valence-corrected chi connectivity index (χ1v) is 12.7. The lowest BCUT2D eigenvalue weighted by molar-refractivity contribution is -0.0699. The first-order chi connectivity index (χ1) is 15.2. The Hall–Kier alpha value is -1.76. The van der Waals surface area contributed by atoms with Crippen molar-refractivity contribution in [3.63, 3.8) is 0 Å². The number of nitrogens with one attached hydrogen (secondary N) is 2. The maximum Gasteiger partial charge on any atom is 0.128 e. The van der Waals surface area contributed by atoms with Gasteiger partial charge < -0.3 is 10.2 Å². The Labute approximate surface area is 189 Å². The SMILES string of the molecule is CCC/C=C\C=C1/NCCN1Cc1ccc(C2(NOC3CCSCC3)C=CC2)cc1F. The van der Waals surface area contributed by atoms with E-state index in [2.05, 4.69) is 53.0 Å². The Morgan fingerprint density at radius 1 is 1.35 bits per heavy atom. The third-order valence-electron chi connectivity index (χ3n) is 6.22. The normalized spacial score (nSPS) is 25.4. The van der Waals surface area contributed by atoms with Crippen molar-refractivity contribution in [1.82, 2.24) is 15.7 Å². The van der Waals surface area contributed by atoms with E-state index in [0.29, 0.717) is 6.54 Å². The molecule has 2 N–H and O–H groups in total. The molecular formula is C25H34FN3OS. The molecule has 4 rings (SSSR count). The summed E-state index contributed by atoms with van der Waals surface area (Å²) in [6.07, 6.45) is 16.0. The second-order valence-electron chi connectivity index (χ2n) is 8.53. The second kappa shape index (κ2) is 10.7. The summed E-state index contributed by atoms with van der Waals surface area (Å²) >= 11 is 1.98. The van der Waals surface area contributed by atoms with Gasteiger partial charge in [-0.3, -0.25) is 4.84 Å². The van der Waals surface area contributed by atoms with Crippen LogP contribution >= 0.6 is 11.8 Å². The minimum absolute atomic E-state index is 0.152. The Morgan fingerprint density at radius 3 is 2.90 bits per heavy atom. The zero-order valence-electron chi connectivity index (χ0n) is 18.4. The molecule has 0 bridgehead atoms. The molecule has 1 unspecified atom stereocenters. The van der Waals surface area contributed by atoms with Gasteiger partial charge in [-0.2, -0.15) is 17.2 Å². The van der Waals surface area contributed by atoms with Crippen LogP contribution in [0.5, 0.6) is 0 Å². The molecule has 3 aliphatic rings. The van der Waals surface area contributed by atoms with E-state index in [1.54, 1.807) is 6.07 Å². The molecule has 168 valence electrons. The molecule has 1 atom stereocenters. The highest BCUT2D eigenvalue weighted by Gasteiger charge is 2.35. The van der Waals surface area contributed by atoms with Crippen LogP contribution in [0.15, 0.2) is 54.4 Å². The summed E-state index contributed by atoms with van der Waals surface area (Å²) in [7, 11) is 0. The molecule has 2 fully saturated rings. The number of unbranched alkanes of at least 4 members (excludes halogenated alkanes) is 1. The number of hydroxylamine groups is 1. The highest BCUT2D eigenvalue weighted by atomic mass is 32.2. The summed E-state index contributed by atoms with van der Waals surface area (Å²) in [5.41, 5.74) is 4.52. The van der Waals surface area contributed by atoms with Crippen molar-refractivity contribution >= 4 is 11.8 Å². The molecule has 4 nitrogen and oxygen atoms in total. The molecule has 2 saturated heterocycles. The number of nitrogens with zero attached hydrogens (tertiary/aromatic N) is 1. The van der Waals surface area contributed by atoms with E-state index in [0.717, 1.165) is 73.6 Å². The predicted octanol–water partition coefficient (Wildman–Crippen LogP) is 5.00. The predicted molar refractivity (Wildman–Crippen MR) is 127 cm³/mol. The average molecular weight is 444 g/mol. The minimum atomic E-state index is -0.408. The molecule has 0 amide bonds. The van der Waals surface area contributed by atoms with E-state index in [1.807, 2.05) is 23.9 Å². The van der Waals surface area contributed by atoms with E-state index >= 15 is 4.39 Å². The molecule has 0 saturated carbocycles. The summed E-state index contributed by atoms with van der Waals surface area (Å²) in [6.45, 7) is 4.52. The average Bonchev–Trinajstić information content (AvgIpc) is 3.20. The third-order valence-corrected chi connectivity index (χ3v) is 7.27. The molecule has 2 aliphatic heterocycles. The van der Waals surface area contributed by atoms with Crippen LogP contribution < -0.4 is 10.8 Å². The standard InChI is InChI=1S/C25H34FN3OS/c1-2-3-4-5-7-24-27-14-15-29(24)19-20-8-9-21(18-23(20)26)25(12-6-13-25)28-30-22-10-16-31-17-11-22/h4-9,12,18,22,27-28H,2-3,10-11,13-17,19H2,1H3/b5-4-,24-7+. The first kappa shape index (κ1) is 22.4. The zero-order valence-corrected chi connectivity index (χ0v) is 19.2. The lowest BCUT2D eigenvalue weighted by Gasteiger charge is -2.38. The van der Waals surface area contributed by atoms with Gasteiger partial charge in [0.05, 0.1) is 11.6 Å². The number of hydrogen-bond donors (Lipinski definition) is 2. The first-order valence-electron chi connectivity index (χ1n) is 11.5. The van der Waals surface area contributed by atoms with Crippen molar-refractivity contribution < 1.29 is 9.23 Å². The summed E-state index contributed by atoms with van der Waals surface area (Å²) < 4.78 is 15.1. The Bertz CT molecular complexity index is 834. The van der Waals surface area contributed by atoms with Crippen LogP contribution in [0.4, 0.5) is 4.39 Å². The summed E-state index contributed by atoms with van der Waals surface area (Å²) in [5.74, 6) is 3.21. The molecule has 1 aliphatic carbocycles. The van der Waals surface area contributed by atoms with Crippen molar-refractivity contribution in [2.75, 3.05) is 24.6 Å². The fraction of sp³-hybridized carbons (Fsp3) is 0.520. The van der Waals surface area contributed by atoms with Gasteiger partial charge in [-0.25, -0.2) is 4.39 Å². The van der Waals surface area contributed by atoms with Crippen LogP contribution in [0.25, 0.3) is 0 Å². The van der Waals surface area contributed by atoms with E-state index in [1.165, 1.54) is 0 Å². The van der Waals surface area contributed by atoms with Gasteiger partial charge in [0.25, 0.3) is 0 Å². The summed E-state index contributed by atoms with van der Waals surface area (Å²) in [4.78, 5) is 8.23. The number of rotatable bonds is 9. The van der Waals surface area contributed by atoms with Gasteiger partial charge in [0.1, 0.15) is 11.6 Å². The topological polar surface area (TPSA) is 36.5 Å². The molecule has 6 heteroatoms. The van der Waals surface area contributed by atoms with Crippen LogP contribution in [0, 0.1) is 5.82 Å². The maximum absolute atomic E-state index is 15.1. The summed E-state index contributed by atoms with van der Waals surface area (Å²) in [5, 5.41) is 3.40. The van der Waals surface area contributed by atoms with Gasteiger partial charge >= 0.3 is 0 Å². The van der Waals surface area contributed by atoms with Crippen LogP contribution in [-0.4, -0.2) is 35.6 Å². The summed E-state index contributed by atoms with van der Waals surface area (Å²) in [6, 6.07) is 5.66. The third kappa shape index (κ3) is 5.54. The smallest absolute Gasteiger partial charge is 0.128 e. The highest BCUT2D eigenvalue weighted by Crippen LogP contribution is 2.36. The number of allylic oxidation sites excluding steroid dienone is 3. The Balaban J connectivity index is 1.41. The van der Waals surface area contributed by atoms with Crippen LogP contribution in [0.1, 0.15) is 50.2 Å². The van der Waals surface area contributed by atoms with Crippen molar-refractivity contribution in [2.24, 2.45) is 0 Å². The largest absolute Gasteiger partial charge is 0.370 e. The van der Waals surface area contributed by atoms with Gasteiger partial charge in [-0.05, 0) is 54.9 Å². The number of hydrogen-bond acceptors (Lipinski definition) is 5. The highest BCUT2D eigenvalue weighted by molar-refractivity contribution is 7.99. The van der Waals surface area contributed by atoms with Crippen LogP contribution in [-0.2, 0) is 16.9 Å². The van der Waals surface area contributed by atoms with Crippen molar-refractivity contribution in [2.45, 2.75) is 57.2 Å². The quantitative estimate of drug-likeness (QED) is 0.415. The lowest BCUT2D eigenvalue weighted by atomic mass is 9.79. The molecule has 31 heavy (non-hydrogen) atoms. The van der Waals surface area contributed by atoms with E-state index < -0.39 is 5.54 Å². The van der Waals surface area contributed by atoms with E-state index in [-0.39, 0.29) is 11.9 Å². The Kier molecular flexibility index (Phi) is 7.75. The number of halogens is 1. The monoisotopic (exact) mass is 443 g/mol. The van der Waals surface area contributed by atoms with Gasteiger partial charge in [0.15, 0.2) is 0 Å². The van der Waals surface area contributed by atoms with E-state index in [9.17, 15) is 0 Å². The van der Waals surface area contributed by atoms with Gasteiger partial charge in [0.2, 0.25) is 0 Å². The number of thioether (sulfide) groups is 1. The molecule has 0 aromatic heterocycles. The minimum Gasteiger partial charge on any atom is -0.370 e. The fourth-order valence-electron chi connectivity index (χ4n) is 4.15. The number of benzene rings is 1.